The van der Waals surface area contributed by atoms with Crippen molar-refractivity contribution in [2.45, 2.75) is 12.8 Å². The Hall–Kier alpha value is -1.51. The monoisotopic (exact) mass is 293 g/mol. The molecule has 1 amide bonds. The summed E-state index contributed by atoms with van der Waals surface area (Å²) in [5.41, 5.74) is 3.06. The lowest BCUT2D eigenvalue weighted by atomic mass is 10.1. The number of rotatable bonds is 3. The summed E-state index contributed by atoms with van der Waals surface area (Å²) in [6, 6.07) is 12.7. The van der Waals surface area contributed by atoms with Gasteiger partial charge in [0, 0.05) is 22.2 Å². The van der Waals surface area contributed by atoms with E-state index < -0.39 is 0 Å². The highest BCUT2D eigenvalue weighted by atomic mass is 35.5. The largest absolute Gasteiger partial charge is 0.322 e. The van der Waals surface area contributed by atoms with Crippen molar-refractivity contribution in [2.75, 3.05) is 5.32 Å². The highest BCUT2D eigenvalue weighted by Gasteiger charge is 2.11. The summed E-state index contributed by atoms with van der Waals surface area (Å²) in [6.07, 6.45) is 0. The minimum Gasteiger partial charge on any atom is -0.322 e. The molecular weight excluding hydrogens is 281 g/mol. The normalized spacial score (nSPS) is 10.3. The summed E-state index contributed by atoms with van der Waals surface area (Å²) < 4.78 is 0. The molecule has 0 saturated carbocycles. The van der Waals surface area contributed by atoms with Gasteiger partial charge in [-0.05, 0) is 36.2 Å². The van der Waals surface area contributed by atoms with Crippen LogP contribution < -0.4 is 5.32 Å². The molecule has 2 aromatic rings. The number of hydrogen-bond acceptors (Lipinski definition) is 1. The maximum Gasteiger partial charge on any atom is 0.255 e. The molecule has 0 aliphatic carbocycles. The van der Waals surface area contributed by atoms with Crippen LogP contribution in [0, 0.1) is 6.92 Å². The van der Waals surface area contributed by atoms with Crippen molar-refractivity contribution in [3.63, 3.8) is 0 Å². The number of nitrogens with one attached hydrogen (secondary N) is 1. The van der Waals surface area contributed by atoms with Crippen molar-refractivity contribution in [2.24, 2.45) is 0 Å². The molecule has 0 spiro atoms. The predicted octanol–water partition coefficient (Wildman–Crippen LogP) is 4.64. The second-order valence-electron chi connectivity index (χ2n) is 4.20. The summed E-state index contributed by atoms with van der Waals surface area (Å²) >= 11 is 11.8. The average Bonchev–Trinajstić information content (AvgIpc) is 2.42. The number of halogens is 2. The van der Waals surface area contributed by atoms with Gasteiger partial charge >= 0.3 is 0 Å². The quantitative estimate of drug-likeness (QED) is 0.821. The lowest BCUT2D eigenvalue weighted by Gasteiger charge is -2.11. The Morgan fingerprint density at radius 3 is 2.68 bits per heavy atom. The van der Waals surface area contributed by atoms with E-state index in [2.05, 4.69) is 5.32 Å². The Labute approximate surface area is 122 Å². The van der Waals surface area contributed by atoms with Crippen LogP contribution in [0.4, 0.5) is 5.69 Å². The number of alkyl halides is 1. The fourth-order valence-corrected chi connectivity index (χ4v) is 2.19. The van der Waals surface area contributed by atoms with E-state index in [0.29, 0.717) is 16.5 Å². The van der Waals surface area contributed by atoms with Gasteiger partial charge in [-0.15, -0.1) is 11.6 Å². The molecule has 2 nitrogen and oxygen atoms in total. The predicted molar refractivity (Wildman–Crippen MR) is 80.1 cm³/mol. The van der Waals surface area contributed by atoms with E-state index in [4.69, 9.17) is 23.2 Å². The topological polar surface area (TPSA) is 29.1 Å². The van der Waals surface area contributed by atoms with Crippen molar-refractivity contribution < 1.29 is 4.79 Å². The number of anilines is 1. The maximum atomic E-state index is 12.2. The number of benzene rings is 2. The molecule has 1 N–H and O–H groups in total. The van der Waals surface area contributed by atoms with Crippen LogP contribution in [-0.2, 0) is 5.88 Å². The molecule has 0 heterocycles. The summed E-state index contributed by atoms with van der Waals surface area (Å²) in [6.45, 7) is 1.87. The van der Waals surface area contributed by atoms with Crippen molar-refractivity contribution in [1.29, 1.82) is 0 Å². The molecule has 0 saturated heterocycles. The maximum absolute atomic E-state index is 12.2. The molecule has 98 valence electrons. The zero-order chi connectivity index (χ0) is 13.8. The van der Waals surface area contributed by atoms with Crippen LogP contribution in [0.15, 0.2) is 42.5 Å². The fraction of sp³-hybridized carbons (Fsp3) is 0.133. The van der Waals surface area contributed by atoms with Crippen LogP contribution in [-0.4, -0.2) is 5.91 Å². The first-order valence-electron chi connectivity index (χ1n) is 5.83. The molecule has 0 aliphatic heterocycles. The van der Waals surface area contributed by atoms with Gasteiger partial charge in [0.25, 0.3) is 5.91 Å². The molecule has 4 heteroatoms. The molecule has 19 heavy (non-hydrogen) atoms. The van der Waals surface area contributed by atoms with E-state index in [1.165, 1.54) is 0 Å². The van der Waals surface area contributed by atoms with Gasteiger partial charge in [0.15, 0.2) is 0 Å². The highest BCUT2D eigenvalue weighted by Crippen LogP contribution is 2.20. The first kappa shape index (κ1) is 13.9. The highest BCUT2D eigenvalue weighted by molar-refractivity contribution is 6.31. The number of para-hydroxylation sites is 1. The second kappa shape index (κ2) is 6.09. The van der Waals surface area contributed by atoms with Crippen LogP contribution in [0.1, 0.15) is 21.5 Å². The Morgan fingerprint density at radius 2 is 1.95 bits per heavy atom. The van der Waals surface area contributed by atoms with Gasteiger partial charge in [0.05, 0.1) is 0 Å². The number of hydrogen-bond donors (Lipinski definition) is 1. The number of amides is 1. The molecule has 2 rings (SSSR count). The minimum absolute atomic E-state index is 0.183. The van der Waals surface area contributed by atoms with Gasteiger partial charge in [-0.25, -0.2) is 0 Å². The average molecular weight is 294 g/mol. The van der Waals surface area contributed by atoms with Crippen molar-refractivity contribution >= 4 is 34.8 Å². The van der Waals surface area contributed by atoms with Crippen LogP contribution in [0.5, 0.6) is 0 Å². The van der Waals surface area contributed by atoms with E-state index in [0.717, 1.165) is 16.8 Å². The molecule has 0 fully saturated rings. The lowest BCUT2D eigenvalue weighted by Crippen LogP contribution is -2.14. The zero-order valence-corrected chi connectivity index (χ0v) is 11.9. The van der Waals surface area contributed by atoms with E-state index in [-0.39, 0.29) is 5.91 Å². The molecule has 0 unspecified atom stereocenters. The first-order chi connectivity index (χ1) is 9.11. The summed E-state index contributed by atoms with van der Waals surface area (Å²) in [4.78, 5) is 12.2. The molecule has 2 aromatic carbocycles. The second-order valence-corrected chi connectivity index (χ2v) is 4.91. The Balaban J connectivity index is 2.28. The number of carbonyl (C=O) groups excluding carboxylic acids is 1. The standard InChI is InChI=1S/C15H13Cl2NO/c1-10-6-7-12(17)8-13(10)15(19)18-14-5-3-2-4-11(14)9-16/h2-8H,9H2,1H3,(H,18,19). The summed E-state index contributed by atoms with van der Waals surface area (Å²) in [5, 5.41) is 3.41. The Morgan fingerprint density at radius 1 is 1.21 bits per heavy atom. The van der Waals surface area contributed by atoms with Crippen LogP contribution >= 0.6 is 23.2 Å². The van der Waals surface area contributed by atoms with Crippen LogP contribution in [0.25, 0.3) is 0 Å². The lowest BCUT2D eigenvalue weighted by molar-refractivity contribution is 0.102. The van der Waals surface area contributed by atoms with Gasteiger partial charge in [-0.3, -0.25) is 4.79 Å². The number of carbonyl (C=O) groups is 1. The number of aryl methyl sites for hydroxylation is 1. The van der Waals surface area contributed by atoms with Crippen molar-refractivity contribution in [3.8, 4) is 0 Å². The third-order valence-corrected chi connectivity index (χ3v) is 3.38. The van der Waals surface area contributed by atoms with Crippen LogP contribution in [0.2, 0.25) is 5.02 Å². The third-order valence-electron chi connectivity index (χ3n) is 2.85. The Kier molecular flexibility index (Phi) is 4.46. The molecule has 0 radical (unpaired) electrons. The smallest absolute Gasteiger partial charge is 0.255 e. The van der Waals surface area contributed by atoms with E-state index in [1.807, 2.05) is 37.3 Å². The van der Waals surface area contributed by atoms with E-state index in [1.54, 1.807) is 12.1 Å². The van der Waals surface area contributed by atoms with E-state index >= 15 is 0 Å². The first-order valence-corrected chi connectivity index (χ1v) is 6.74. The van der Waals surface area contributed by atoms with E-state index in [9.17, 15) is 4.79 Å². The molecule has 0 aliphatic rings. The van der Waals surface area contributed by atoms with Gasteiger partial charge in [-0.1, -0.05) is 35.9 Å². The molecular formula is C15H13Cl2NO. The van der Waals surface area contributed by atoms with Gasteiger partial charge in [0.1, 0.15) is 0 Å². The fourth-order valence-electron chi connectivity index (χ4n) is 1.79. The van der Waals surface area contributed by atoms with Crippen molar-refractivity contribution in [1.82, 2.24) is 0 Å². The summed E-state index contributed by atoms with van der Waals surface area (Å²) in [7, 11) is 0. The molecule has 0 atom stereocenters. The van der Waals surface area contributed by atoms with Gasteiger partial charge in [-0.2, -0.15) is 0 Å². The molecule has 0 aromatic heterocycles. The Bertz CT molecular complexity index is 611. The molecule has 0 bridgehead atoms. The van der Waals surface area contributed by atoms with Crippen LogP contribution in [0.3, 0.4) is 0 Å². The summed E-state index contributed by atoms with van der Waals surface area (Å²) in [5.74, 6) is 0.169. The van der Waals surface area contributed by atoms with Crippen molar-refractivity contribution in [3.05, 3.63) is 64.2 Å². The third kappa shape index (κ3) is 3.28. The van der Waals surface area contributed by atoms with Gasteiger partial charge in [0.2, 0.25) is 0 Å². The minimum atomic E-state index is -0.183. The van der Waals surface area contributed by atoms with Gasteiger partial charge < -0.3 is 5.32 Å². The SMILES string of the molecule is Cc1ccc(Cl)cc1C(=O)Nc1ccccc1CCl. The zero-order valence-electron chi connectivity index (χ0n) is 10.4.